The third-order valence-corrected chi connectivity index (χ3v) is 4.69. The lowest BCUT2D eigenvalue weighted by atomic mass is 10.1. The first-order valence-electron chi connectivity index (χ1n) is 9.19. The van der Waals surface area contributed by atoms with E-state index < -0.39 is 5.97 Å². The van der Waals surface area contributed by atoms with Crippen LogP contribution in [0.1, 0.15) is 28.5 Å². The Hall–Kier alpha value is -3.81. The Morgan fingerprint density at radius 3 is 2.30 bits per heavy atom. The van der Waals surface area contributed by atoms with Gasteiger partial charge in [-0.05, 0) is 43.3 Å². The van der Waals surface area contributed by atoms with Gasteiger partial charge >= 0.3 is 5.97 Å². The van der Waals surface area contributed by atoms with E-state index in [1.807, 2.05) is 6.92 Å². The predicted octanol–water partition coefficient (Wildman–Crippen LogP) is 3.31. The van der Waals surface area contributed by atoms with Gasteiger partial charge in [0, 0.05) is 18.2 Å². The third kappa shape index (κ3) is 3.84. The molecular weight excluding hydrogens is 388 g/mol. The summed E-state index contributed by atoms with van der Waals surface area (Å²) in [7, 11) is 4.59. The molecule has 1 aromatic heterocycles. The van der Waals surface area contributed by atoms with Crippen molar-refractivity contribution < 1.29 is 24.1 Å². The summed E-state index contributed by atoms with van der Waals surface area (Å²) >= 11 is 0. The molecule has 3 aromatic rings. The van der Waals surface area contributed by atoms with Gasteiger partial charge in [0.1, 0.15) is 11.4 Å². The minimum atomic E-state index is -1.06. The van der Waals surface area contributed by atoms with Gasteiger partial charge in [-0.1, -0.05) is 0 Å². The van der Waals surface area contributed by atoms with Crippen LogP contribution >= 0.6 is 0 Å². The maximum absolute atomic E-state index is 12.9. The summed E-state index contributed by atoms with van der Waals surface area (Å²) in [6.07, 6.45) is 3.27. The highest BCUT2D eigenvalue weighted by Gasteiger charge is 2.13. The molecule has 0 radical (unpaired) electrons. The largest absolute Gasteiger partial charge is 0.496 e. The molecule has 30 heavy (non-hydrogen) atoms. The first kappa shape index (κ1) is 20.9. The molecule has 8 nitrogen and oxygen atoms in total. The number of carboxylic acid groups (broad SMARTS) is 1. The van der Waals surface area contributed by atoms with Gasteiger partial charge in [-0.2, -0.15) is 0 Å². The van der Waals surface area contributed by atoms with Gasteiger partial charge in [0.05, 0.1) is 37.9 Å². The zero-order chi connectivity index (χ0) is 21.8. The maximum atomic E-state index is 12.9. The number of aromatic nitrogens is 2. The Morgan fingerprint density at radius 2 is 1.70 bits per heavy atom. The molecule has 1 N–H and O–H groups in total. The minimum absolute atomic E-state index is 0.104. The van der Waals surface area contributed by atoms with E-state index in [2.05, 4.69) is 4.98 Å². The summed E-state index contributed by atoms with van der Waals surface area (Å²) in [6.45, 7) is 2.27. The molecule has 0 atom stereocenters. The van der Waals surface area contributed by atoms with E-state index in [-0.39, 0.29) is 16.8 Å². The van der Waals surface area contributed by atoms with Crippen molar-refractivity contribution in [2.75, 3.05) is 21.3 Å². The van der Waals surface area contributed by atoms with Crippen LogP contribution in [0.4, 0.5) is 0 Å². The van der Waals surface area contributed by atoms with Crippen molar-refractivity contribution in [1.82, 2.24) is 9.55 Å². The van der Waals surface area contributed by atoms with Crippen molar-refractivity contribution in [3.63, 3.8) is 0 Å². The van der Waals surface area contributed by atoms with Crippen LogP contribution in [0.15, 0.2) is 35.1 Å². The van der Waals surface area contributed by atoms with E-state index in [9.17, 15) is 14.7 Å². The average Bonchev–Trinajstić information content (AvgIpc) is 2.76. The Labute approximate surface area is 173 Å². The number of aryl methyl sites for hydroxylation is 1. The number of fused-ring (bicyclic) bond motifs is 1. The molecule has 0 spiro atoms. The van der Waals surface area contributed by atoms with Gasteiger partial charge in [0.2, 0.25) is 0 Å². The van der Waals surface area contributed by atoms with E-state index in [1.165, 1.54) is 33.5 Å². The molecule has 0 aliphatic heterocycles. The molecule has 1 heterocycles. The quantitative estimate of drug-likeness (QED) is 0.638. The van der Waals surface area contributed by atoms with Gasteiger partial charge in [-0.3, -0.25) is 4.79 Å². The highest BCUT2D eigenvalue weighted by Crippen LogP contribution is 2.35. The number of ether oxygens (including phenoxy) is 3. The molecule has 0 saturated heterocycles. The van der Waals surface area contributed by atoms with Gasteiger partial charge < -0.3 is 23.9 Å². The second-order valence-electron chi connectivity index (χ2n) is 6.34. The molecule has 2 aromatic carbocycles. The molecule has 3 rings (SSSR count). The fourth-order valence-corrected chi connectivity index (χ4v) is 3.17. The van der Waals surface area contributed by atoms with Crippen molar-refractivity contribution in [1.29, 1.82) is 0 Å². The molecule has 0 aliphatic carbocycles. The first-order valence-corrected chi connectivity index (χ1v) is 9.19. The zero-order valence-electron chi connectivity index (χ0n) is 17.1. The second-order valence-corrected chi connectivity index (χ2v) is 6.34. The first-order chi connectivity index (χ1) is 14.4. The van der Waals surface area contributed by atoms with Crippen LogP contribution in [0.2, 0.25) is 0 Å². The fraction of sp³-hybridized carbons (Fsp3) is 0.227. The monoisotopic (exact) mass is 410 g/mol. The molecule has 0 aliphatic rings. The predicted molar refractivity (Wildman–Crippen MR) is 114 cm³/mol. The summed E-state index contributed by atoms with van der Waals surface area (Å²) in [4.78, 5) is 28.6. The Kier molecular flexibility index (Phi) is 6.06. The second kappa shape index (κ2) is 8.69. The normalized spacial score (nSPS) is 11.1. The lowest BCUT2D eigenvalue weighted by molar-refractivity contribution is 0.0697. The van der Waals surface area contributed by atoms with E-state index in [1.54, 1.807) is 34.9 Å². The van der Waals surface area contributed by atoms with Crippen LogP contribution in [-0.2, 0) is 6.54 Å². The van der Waals surface area contributed by atoms with E-state index in [0.29, 0.717) is 40.4 Å². The maximum Gasteiger partial charge on any atom is 0.335 e. The SMILES string of the molecule is CCn1c(=O)c(/C=C/c2cc(OC)c(OC)cc2OC)nc2cc(C(=O)O)ccc21. The smallest absolute Gasteiger partial charge is 0.335 e. The van der Waals surface area contributed by atoms with Crippen LogP contribution in [0.3, 0.4) is 0 Å². The van der Waals surface area contributed by atoms with E-state index >= 15 is 0 Å². The summed E-state index contributed by atoms with van der Waals surface area (Å²) in [5, 5.41) is 9.25. The van der Waals surface area contributed by atoms with Crippen molar-refractivity contribution >= 4 is 29.2 Å². The van der Waals surface area contributed by atoms with Gasteiger partial charge in [0.15, 0.2) is 11.5 Å². The molecule has 0 amide bonds. The average molecular weight is 410 g/mol. The minimum Gasteiger partial charge on any atom is -0.496 e. The van der Waals surface area contributed by atoms with Crippen molar-refractivity contribution in [3.8, 4) is 17.2 Å². The van der Waals surface area contributed by atoms with Gasteiger partial charge in [-0.25, -0.2) is 9.78 Å². The Balaban J connectivity index is 2.15. The number of hydrogen-bond donors (Lipinski definition) is 1. The number of carboxylic acids is 1. The highest BCUT2D eigenvalue weighted by molar-refractivity contribution is 5.92. The van der Waals surface area contributed by atoms with Crippen LogP contribution in [0.25, 0.3) is 23.2 Å². The van der Waals surface area contributed by atoms with Crippen molar-refractivity contribution in [2.45, 2.75) is 13.5 Å². The van der Waals surface area contributed by atoms with Crippen molar-refractivity contribution in [2.24, 2.45) is 0 Å². The summed E-state index contributed by atoms with van der Waals surface area (Å²) in [5.41, 5.74) is 1.68. The molecular formula is C22H22N2O6. The number of aromatic carboxylic acids is 1. The molecule has 156 valence electrons. The number of nitrogens with zero attached hydrogens (tertiary/aromatic N) is 2. The van der Waals surface area contributed by atoms with Crippen LogP contribution in [0.5, 0.6) is 17.2 Å². The van der Waals surface area contributed by atoms with Crippen LogP contribution in [0, 0.1) is 0 Å². The van der Waals surface area contributed by atoms with Crippen LogP contribution < -0.4 is 19.8 Å². The topological polar surface area (TPSA) is 99.9 Å². The molecule has 0 unspecified atom stereocenters. The Bertz CT molecular complexity index is 1200. The summed E-state index contributed by atoms with van der Waals surface area (Å²) in [6, 6.07) is 7.94. The lowest BCUT2D eigenvalue weighted by Gasteiger charge is -2.12. The standard InChI is InChI=1S/C22H22N2O6/c1-5-24-17-9-7-14(22(26)27)10-16(17)23-15(21(24)25)8-6-13-11-19(29-3)20(30-4)12-18(13)28-2/h6-12H,5H2,1-4H3,(H,26,27)/b8-6+. The number of benzene rings is 2. The van der Waals surface area contributed by atoms with E-state index in [0.717, 1.165) is 0 Å². The van der Waals surface area contributed by atoms with Gasteiger partial charge in [-0.15, -0.1) is 0 Å². The van der Waals surface area contributed by atoms with Gasteiger partial charge in [0.25, 0.3) is 5.56 Å². The molecule has 0 saturated carbocycles. The Morgan fingerprint density at radius 1 is 1.03 bits per heavy atom. The molecule has 0 bridgehead atoms. The molecule has 0 fully saturated rings. The number of carbonyl (C=O) groups is 1. The number of methoxy groups -OCH3 is 3. The lowest BCUT2D eigenvalue weighted by Crippen LogP contribution is -2.23. The zero-order valence-corrected chi connectivity index (χ0v) is 17.1. The number of rotatable bonds is 7. The third-order valence-electron chi connectivity index (χ3n) is 4.69. The molecule has 8 heteroatoms. The van der Waals surface area contributed by atoms with Crippen molar-refractivity contribution in [3.05, 3.63) is 57.5 Å². The van der Waals surface area contributed by atoms with Crippen LogP contribution in [-0.4, -0.2) is 42.0 Å². The summed E-state index contributed by atoms with van der Waals surface area (Å²) < 4.78 is 17.6. The summed E-state index contributed by atoms with van der Waals surface area (Å²) in [5.74, 6) is 0.514. The van der Waals surface area contributed by atoms with E-state index in [4.69, 9.17) is 14.2 Å². The number of hydrogen-bond acceptors (Lipinski definition) is 6. The highest BCUT2D eigenvalue weighted by atomic mass is 16.5. The fourth-order valence-electron chi connectivity index (χ4n) is 3.17.